The molecule has 0 atom stereocenters. The van der Waals surface area contributed by atoms with Crippen molar-refractivity contribution < 1.29 is 0 Å². The summed E-state index contributed by atoms with van der Waals surface area (Å²) >= 11 is 1.79. The average molecular weight is 925 g/mol. The Morgan fingerprint density at radius 1 is 0.282 bits per heavy atom. The van der Waals surface area contributed by atoms with Crippen LogP contribution >= 0.6 is 11.3 Å². The molecule has 71 heavy (non-hydrogen) atoms. The molecule has 0 N–H and O–H groups in total. The van der Waals surface area contributed by atoms with Gasteiger partial charge in [0.15, 0.2) is 0 Å². The second kappa shape index (κ2) is 18.1. The molecule has 0 saturated carbocycles. The highest BCUT2D eigenvalue weighted by atomic mass is 32.1. The van der Waals surface area contributed by atoms with Crippen molar-refractivity contribution in [2.75, 3.05) is 9.80 Å². The lowest BCUT2D eigenvalue weighted by Crippen LogP contribution is -2.11. The number of nitrogens with zero attached hydrogens (tertiary/aromatic N) is 4. The number of para-hydroxylation sites is 2. The molecule has 4 nitrogen and oxygen atoms in total. The molecule has 0 fully saturated rings. The molecular formula is C66H44N4S. The van der Waals surface area contributed by atoms with E-state index in [9.17, 15) is 0 Å². The van der Waals surface area contributed by atoms with Gasteiger partial charge >= 0.3 is 0 Å². The largest absolute Gasteiger partial charge is 0.310 e. The van der Waals surface area contributed by atoms with E-state index in [1.807, 2.05) is 12.4 Å². The van der Waals surface area contributed by atoms with Gasteiger partial charge in [-0.3, -0.25) is 9.97 Å². The molecule has 0 aliphatic rings. The van der Waals surface area contributed by atoms with Crippen LogP contribution in [0.25, 0.3) is 86.5 Å². The van der Waals surface area contributed by atoms with Crippen molar-refractivity contribution in [2.24, 2.45) is 0 Å². The average Bonchev–Trinajstić information content (AvgIpc) is 3.84. The zero-order chi connectivity index (χ0) is 47.1. The van der Waals surface area contributed by atoms with Crippen LogP contribution in [-0.4, -0.2) is 9.97 Å². The molecule has 10 aromatic carbocycles. The lowest BCUT2D eigenvalue weighted by molar-refractivity contribution is 1.30. The Morgan fingerprint density at radius 3 is 1.07 bits per heavy atom. The van der Waals surface area contributed by atoms with Gasteiger partial charge in [-0.25, -0.2) is 0 Å². The SMILES string of the molecule is c1ccc(-c2cc(-c3ccccc3)cc(N(c3ccccc3)c3cc4c(sc5cc(N(c6ccccc6)c6cc(-c7ccccc7)cc(-c7ccccc7)c6)c6cccnc6c54)c4ncccc34)c2)cc1. The molecule has 0 amide bonds. The van der Waals surface area contributed by atoms with Crippen LogP contribution in [0.1, 0.15) is 0 Å². The summed E-state index contributed by atoms with van der Waals surface area (Å²) in [6.07, 6.45) is 3.86. The number of benzene rings is 10. The third-order valence-corrected chi connectivity index (χ3v) is 14.6. The summed E-state index contributed by atoms with van der Waals surface area (Å²) in [5.74, 6) is 0. The first-order valence-electron chi connectivity index (χ1n) is 24.0. The van der Waals surface area contributed by atoms with Crippen LogP contribution in [0.15, 0.2) is 267 Å². The molecule has 13 rings (SSSR count). The fourth-order valence-electron chi connectivity index (χ4n) is 10.2. The molecule has 0 radical (unpaired) electrons. The summed E-state index contributed by atoms with van der Waals surface area (Å²) in [6, 6.07) is 91.4. The third-order valence-electron chi connectivity index (χ3n) is 13.4. The molecule has 0 aliphatic heterocycles. The van der Waals surface area contributed by atoms with Gasteiger partial charge in [0.2, 0.25) is 0 Å². The Balaban J connectivity index is 1.08. The number of hydrogen-bond donors (Lipinski definition) is 0. The van der Waals surface area contributed by atoms with Crippen LogP contribution in [0, 0.1) is 0 Å². The predicted octanol–water partition coefficient (Wildman–Crippen LogP) is 18.8. The fraction of sp³-hybridized carbons (Fsp3) is 0. The van der Waals surface area contributed by atoms with Gasteiger partial charge in [0.1, 0.15) is 0 Å². The van der Waals surface area contributed by atoms with E-state index in [-0.39, 0.29) is 0 Å². The van der Waals surface area contributed by atoms with Crippen molar-refractivity contribution in [1.29, 1.82) is 0 Å². The summed E-state index contributed by atoms with van der Waals surface area (Å²) in [4.78, 5) is 15.4. The molecule has 13 aromatic rings. The zero-order valence-electron chi connectivity index (χ0n) is 38.6. The predicted molar refractivity (Wildman–Crippen MR) is 301 cm³/mol. The van der Waals surface area contributed by atoms with Gasteiger partial charge < -0.3 is 9.80 Å². The highest BCUT2D eigenvalue weighted by molar-refractivity contribution is 7.27. The highest BCUT2D eigenvalue weighted by Gasteiger charge is 2.25. The van der Waals surface area contributed by atoms with Gasteiger partial charge in [-0.15, -0.1) is 11.3 Å². The summed E-state index contributed by atoms with van der Waals surface area (Å²) in [5.41, 5.74) is 17.4. The number of rotatable bonds is 10. The maximum Gasteiger partial charge on any atom is 0.0901 e. The molecule has 0 bridgehead atoms. The summed E-state index contributed by atoms with van der Waals surface area (Å²) in [6.45, 7) is 0. The normalized spacial score (nSPS) is 11.4. The van der Waals surface area contributed by atoms with Crippen LogP contribution in [0.2, 0.25) is 0 Å². The van der Waals surface area contributed by atoms with Crippen LogP contribution in [0.5, 0.6) is 0 Å². The first-order chi connectivity index (χ1) is 35.2. The number of pyridine rings is 2. The molecular weight excluding hydrogens is 881 g/mol. The van der Waals surface area contributed by atoms with Crippen LogP contribution in [0.4, 0.5) is 34.1 Å². The van der Waals surface area contributed by atoms with Gasteiger partial charge in [0.25, 0.3) is 0 Å². The quantitative estimate of drug-likeness (QED) is 0.137. The monoisotopic (exact) mass is 924 g/mol. The van der Waals surface area contributed by atoms with E-state index in [0.29, 0.717) is 0 Å². The number of aromatic nitrogens is 2. The van der Waals surface area contributed by atoms with Crippen molar-refractivity contribution in [1.82, 2.24) is 9.97 Å². The van der Waals surface area contributed by atoms with Crippen LogP contribution < -0.4 is 9.80 Å². The van der Waals surface area contributed by atoms with Gasteiger partial charge in [0, 0.05) is 61.4 Å². The van der Waals surface area contributed by atoms with Gasteiger partial charge in [-0.05, 0) is 142 Å². The second-order valence-electron chi connectivity index (χ2n) is 17.8. The minimum absolute atomic E-state index is 0.944. The van der Waals surface area contributed by atoms with E-state index in [1.54, 1.807) is 11.3 Å². The number of fused-ring (bicyclic) bond motifs is 7. The molecule has 3 heterocycles. The lowest BCUT2D eigenvalue weighted by Gasteiger charge is -2.28. The van der Waals surface area contributed by atoms with Crippen molar-refractivity contribution in [3.63, 3.8) is 0 Å². The van der Waals surface area contributed by atoms with Crippen molar-refractivity contribution in [3.8, 4) is 44.5 Å². The smallest absolute Gasteiger partial charge is 0.0901 e. The Kier molecular flexibility index (Phi) is 10.7. The number of anilines is 6. The lowest BCUT2D eigenvalue weighted by atomic mass is 9.96. The van der Waals surface area contributed by atoms with Gasteiger partial charge in [-0.1, -0.05) is 158 Å². The summed E-state index contributed by atoms with van der Waals surface area (Å²) in [7, 11) is 0. The topological polar surface area (TPSA) is 32.3 Å². The van der Waals surface area contributed by atoms with E-state index in [4.69, 9.17) is 9.97 Å². The van der Waals surface area contributed by atoms with E-state index >= 15 is 0 Å². The molecule has 0 saturated heterocycles. The third kappa shape index (κ3) is 7.75. The Hall–Kier alpha value is -9.16. The first kappa shape index (κ1) is 42.0. The van der Waals surface area contributed by atoms with E-state index in [0.717, 1.165) is 121 Å². The van der Waals surface area contributed by atoms with Gasteiger partial charge in [0.05, 0.1) is 27.1 Å². The number of thiophene rings is 1. The van der Waals surface area contributed by atoms with E-state index in [1.165, 1.54) is 0 Å². The molecule has 334 valence electrons. The molecule has 5 heteroatoms. The maximum atomic E-state index is 5.30. The summed E-state index contributed by atoms with van der Waals surface area (Å²) in [5, 5.41) is 4.36. The molecule has 0 aliphatic carbocycles. The van der Waals surface area contributed by atoms with Crippen molar-refractivity contribution in [2.45, 2.75) is 0 Å². The van der Waals surface area contributed by atoms with Crippen molar-refractivity contribution in [3.05, 3.63) is 267 Å². The summed E-state index contributed by atoms with van der Waals surface area (Å²) < 4.78 is 2.26. The molecule has 0 unspecified atom stereocenters. The van der Waals surface area contributed by atoms with Crippen molar-refractivity contribution >= 4 is 87.4 Å². The van der Waals surface area contributed by atoms with Crippen LogP contribution in [-0.2, 0) is 0 Å². The minimum Gasteiger partial charge on any atom is -0.310 e. The Bertz CT molecular complexity index is 3920. The van der Waals surface area contributed by atoms with E-state index in [2.05, 4.69) is 265 Å². The standard InChI is InChI=1S/C66H44N4S/c1-7-21-45(22-8-1)49-37-50(46-23-9-2-10-24-46)40-55(39-49)69(53-29-15-5-16-30-53)60-43-59-63-62(71-66(59)65-58(60)34-20-36-68-65)44-61(57-33-19-35-67-64(57)63)70(54-31-17-6-18-32-54)56-41-51(47-25-11-3-12-26-47)38-52(42-56)48-27-13-4-14-28-48/h1-44H. The second-order valence-corrected chi connectivity index (χ2v) is 18.8. The Morgan fingerprint density at radius 2 is 0.648 bits per heavy atom. The number of hydrogen-bond acceptors (Lipinski definition) is 5. The molecule has 0 spiro atoms. The molecule has 3 aromatic heterocycles. The van der Waals surface area contributed by atoms with E-state index < -0.39 is 0 Å². The van der Waals surface area contributed by atoms with Gasteiger partial charge in [-0.2, -0.15) is 0 Å². The first-order valence-corrected chi connectivity index (χ1v) is 24.8. The maximum absolute atomic E-state index is 5.30. The minimum atomic E-state index is 0.944. The zero-order valence-corrected chi connectivity index (χ0v) is 39.4. The Labute approximate surface area is 416 Å². The highest BCUT2D eigenvalue weighted by Crippen LogP contribution is 2.51. The van der Waals surface area contributed by atoms with Crippen LogP contribution in [0.3, 0.4) is 0 Å². The fourth-order valence-corrected chi connectivity index (χ4v) is 11.4.